The van der Waals surface area contributed by atoms with Crippen LogP contribution in [-0.4, -0.2) is 18.0 Å². The summed E-state index contributed by atoms with van der Waals surface area (Å²) in [7, 11) is 0. The highest BCUT2D eigenvalue weighted by Gasteiger charge is 2.09. The Balaban J connectivity index is 1.43. The third-order valence-corrected chi connectivity index (χ3v) is 4.73. The van der Waals surface area contributed by atoms with Crippen molar-refractivity contribution in [2.45, 2.75) is 13.0 Å². The van der Waals surface area contributed by atoms with E-state index in [1.807, 2.05) is 0 Å². The first-order valence-corrected chi connectivity index (χ1v) is 10.2. The quantitative estimate of drug-likeness (QED) is 0.268. The molecule has 0 aliphatic heterocycles. The molecule has 0 saturated heterocycles. The number of nitrogens with one attached hydrogen (secondary N) is 2. The maximum absolute atomic E-state index is 12.9. The van der Waals surface area contributed by atoms with Gasteiger partial charge in [0.15, 0.2) is 0 Å². The minimum Gasteiger partial charge on any atom is -0.489 e. The zero-order chi connectivity index (χ0) is 22.9. The van der Waals surface area contributed by atoms with Gasteiger partial charge in [-0.3, -0.25) is 9.59 Å². The van der Waals surface area contributed by atoms with E-state index in [-0.39, 0.29) is 0 Å². The molecule has 164 valence electrons. The van der Waals surface area contributed by atoms with Crippen LogP contribution in [0.2, 0.25) is 10.0 Å². The van der Waals surface area contributed by atoms with E-state index in [9.17, 15) is 14.0 Å². The molecule has 0 spiro atoms. The Kier molecular flexibility index (Phi) is 8.19. The largest absolute Gasteiger partial charge is 0.489 e. The average Bonchev–Trinajstić information content (AvgIpc) is 2.75. The van der Waals surface area contributed by atoms with E-state index >= 15 is 0 Å². The molecule has 0 heterocycles. The molecule has 0 atom stereocenters. The summed E-state index contributed by atoms with van der Waals surface area (Å²) in [5, 5.41) is 7.42. The number of anilines is 1. The van der Waals surface area contributed by atoms with Crippen LogP contribution in [0.15, 0.2) is 71.8 Å². The van der Waals surface area contributed by atoms with Crippen LogP contribution >= 0.6 is 23.2 Å². The summed E-state index contributed by atoms with van der Waals surface area (Å²) in [6, 6.07) is 17.5. The number of rotatable bonds is 8. The Hall–Kier alpha value is -3.42. The second-order valence-electron chi connectivity index (χ2n) is 6.62. The molecule has 0 unspecified atom stereocenters. The third kappa shape index (κ3) is 7.37. The van der Waals surface area contributed by atoms with Gasteiger partial charge in [-0.15, -0.1) is 0 Å². The maximum Gasteiger partial charge on any atom is 0.249 e. The molecule has 0 bridgehead atoms. The van der Waals surface area contributed by atoms with Crippen molar-refractivity contribution >= 4 is 46.9 Å². The fourth-order valence-electron chi connectivity index (χ4n) is 2.55. The summed E-state index contributed by atoms with van der Waals surface area (Å²) in [5.41, 5.74) is 4.21. The summed E-state index contributed by atoms with van der Waals surface area (Å²) < 4.78 is 18.6. The molecule has 9 heteroatoms. The van der Waals surface area contributed by atoms with E-state index in [2.05, 4.69) is 15.8 Å². The van der Waals surface area contributed by atoms with Crippen LogP contribution in [0, 0.1) is 5.82 Å². The van der Waals surface area contributed by atoms with Crippen LogP contribution in [0.25, 0.3) is 0 Å². The van der Waals surface area contributed by atoms with E-state index in [0.717, 1.165) is 11.1 Å². The van der Waals surface area contributed by atoms with Crippen LogP contribution < -0.4 is 15.5 Å². The van der Waals surface area contributed by atoms with Gasteiger partial charge in [0.1, 0.15) is 24.6 Å². The average molecular weight is 474 g/mol. The monoisotopic (exact) mass is 473 g/mol. The molecular formula is C23H18Cl2FN3O3. The van der Waals surface area contributed by atoms with Gasteiger partial charge in [-0.1, -0.05) is 29.3 Å². The smallest absolute Gasteiger partial charge is 0.249 e. The van der Waals surface area contributed by atoms with Gasteiger partial charge in [0, 0.05) is 21.3 Å². The van der Waals surface area contributed by atoms with Crippen LogP contribution in [-0.2, 0) is 16.2 Å². The van der Waals surface area contributed by atoms with E-state index in [4.69, 9.17) is 27.9 Å². The number of carbonyl (C=O) groups excluding carboxylic acids is 2. The van der Waals surface area contributed by atoms with E-state index in [1.54, 1.807) is 42.5 Å². The Morgan fingerprint density at radius 1 is 0.969 bits per heavy atom. The van der Waals surface area contributed by atoms with E-state index in [0.29, 0.717) is 28.1 Å². The molecule has 6 nitrogen and oxygen atoms in total. The van der Waals surface area contributed by atoms with Crippen LogP contribution in [0.3, 0.4) is 0 Å². The highest BCUT2D eigenvalue weighted by molar-refractivity contribution is 6.35. The molecule has 2 amide bonds. The molecule has 3 aromatic carbocycles. The van der Waals surface area contributed by atoms with Gasteiger partial charge in [-0.2, -0.15) is 5.10 Å². The zero-order valence-electron chi connectivity index (χ0n) is 16.6. The first kappa shape index (κ1) is 23.2. The van der Waals surface area contributed by atoms with E-state index < -0.39 is 24.1 Å². The normalized spacial score (nSPS) is 10.7. The Bertz CT molecular complexity index is 1120. The summed E-state index contributed by atoms with van der Waals surface area (Å²) in [5.74, 6) is -0.900. The van der Waals surface area contributed by atoms with Crippen molar-refractivity contribution in [1.29, 1.82) is 0 Å². The number of nitrogens with zero attached hydrogens (tertiary/aromatic N) is 1. The van der Waals surface area contributed by atoms with Gasteiger partial charge in [-0.25, -0.2) is 9.82 Å². The molecule has 32 heavy (non-hydrogen) atoms. The second-order valence-corrected chi connectivity index (χ2v) is 7.46. The number of hydrogen-bond acceptors (Lipinski definition) is 4. The van der Waals surface area contributed by atoms with Gasteiger partial charge < -0.3 is 10.1 Å². The molecule has 3 rings (SSSR count). The fraction of sp³-hybridized carbons (Fsp3) is 0.0870. The lowest BCUT2D eigenvalue weighted by Gasteiger charge is -2.08. The standard InChI is InChI=1S/C23H18Cl2FN3O3/c24-17-4-3-16(21(25)11-17)14-32-20-9-1-15(2-10-20)13-27-29-23(31)12-22(30)28-19-7-5-18(26)6-8-19/h1-11,13H,12,14H2,(H,28,30)(H,29,31). The number of hydrazone groups is 1. The molecule has 0 saturated carbocycles. The van der Waals surface area contributed by atoms with Gasteiger partial charge in [0.2, 0.25) is 11.8 Å². The second kappa shape index (κ2) is 11.3. The van der Waals surface area contributed by atoms with Crippen molar-refractivity contribution in [2.24, 2.45) is 5.10 Å². The molecule has 0 aromatic heterocycles. The number of hydrogen-bond donors (Lipinski definition) is 2. The first-order valence-electron chi connectivity index (χ1n) is 9.43. The van der Waals surface area contributed by atoms with Crippen molar-refractivity contribution in [3.05, 3.63) is 93.7 Å². The number of carbonyl (C=O) groups is 2. The SMILES string of the molecule is O=C(CC(=O)Nc1ccc(F)cc1)NN=Cc1ccc(OCc2ccc(Cl)cc2Cl)cc1. The topological polar surface area (TPSA) is 79.8 Å². The van der Waals surface area contributed by atoms with Crippen molar-refractivity contribution in [2.75, 3.05) is 5.32 Å². The third-order valence-electron chi connectivity index (χ3n) is 4.14. The van der Waals surface area contributed by atoms with Crippen LogP contribution in [0.4, 0.5) is 10.1 Å². The summed E-state index contributed by atoms with van der Waals surface area (Å²) >= 11 is 12.0. The first-order chi connectivity index (χ1) is 15.4. The van der Waals surface area contributed by atoms with Crippen LogP contribution in [0.1, 0.15) is 17.5 Å². The molecule has 0 fully saturated rings. The lowest BCUT2D eigenvalue weighted by molar-refractivity contribution is -0.126. The number of ether oxygens (including phenoxy) is 1. The van der Waals surface area contributed by atoms with Crippen molar-refractivity contribution in [3.8, 4) is 5.75 Å². The van der Waals surface area contributed by atoms with Crippen molar-refractivity contribution in [3.63, 3.8) is 0 Å². The zero-order valence-corrected chi connectivity index (χ0v) is 18.2. The number of amides is 2. The minimum atomic E-state index is -0.583. The predicted octanol–water partition coefficient (Wildman–Crippen LogP) is 5.19. The number of benzene rings is 3. The molecular weight excluding hydrogens is 456 g/mol. The summed E-state index contributed by atoms with van der Waals surface area (Å²) in [6.45, 7) is 0.291. The van der Waals surface area contributed by atoms with Crippen molar-refractivity contribution in [1.82, 2.24) is 5.43 Å². The fourth-order valence-corrected chi connectivity index (χ4v) is 3.02. The Morgan fingerprint density at radius 2 is 1.69 bits per heavy atom. The van der Waals surface area contributed by atoms with Crippen LogP contribution in [0.5, 0.6) is 5.75 Å². The highest BCUT2D eigenvalue weighted by atomic mass is 35.5. The van der Waals surface area contributed by atoms with Gasteiger partial charge in [0.05, 0.1) is 6.21 Å². The molecule has 3 aromatic rings. The predicted molar refractivity (Wildman–Crippen MR) is 123 cm³/mol. The highest BCUT2D eigenvalue weighted by Crippen LogP contribution is 2.22. The molecule has 0 aliphatic carbocycles. The number of halogens is 3. The Morgan fingerprint density at radius 3 is 2.38 bits per heavy atom. The van der Waals surface area contributed by atoms with Gasteiger partial charge in [-0.05, 0) is 66.2 Å². The van der Waals surface area contributed by atoms with Crippen molar-refractivity contribution < 1.29 is 18.7 Å². The lowest BCUT2D eigenvalue weighted by Crippen LogP contribution is -2.24. The lowest BCUT2D eigenvalue weighted by atomic mass is 10.2. The van der Waals surface area contributed by atoms with Gasteiger partial charge >= 0.3 is 0 Å². The Labute approximate surface area is 194 Å². The minimum absolute atomic E-state index is 0.291. The summed E-state index contributed by atoms with van der Waals surface area (Å²) in [4.78, 5) is 23.7. The van der Waals surface area contributed by atoms with E-state index in [1.165, 1.54) is 30.5 Å². The molecule has 0 radical (unpaired) electrons. The summed E-state index contributed by atoms with van der Waals surface area (Å²) in [6.07, 6.45) is 1.02. The molecule has 2 N–H and O–H groups in total. The maximum atomic E-state index is 12.9. The molecule has 0 aliphatic rings. The van der Waals surface area contributed by atoms with Gasteiger partial charge in [0.25, 0.3) is 0 Å².